The highest BCUT2D eigenvalue weighted by Crippen LogP contribution is 2.64. The van der Waals surface area contributed by atoms with Crippen LogP contribution in [0.2, 0.25) is 0 Å². The van der Waals surface area contributed by atoms with Gasteiger partial charge in [0.2, 0.25) is 0 Å². The van der Waals surface area contributed by atoms with Crippen LogP contribution in [-0.2, 0) is 11.8 Å². The quantitative estimate of drug-likeness (QED) is 0.706. The average Bonchev–Trinajstić information content (AvgIpc) is 2.75. The van der Waals surface area contributed by atoms with Crippen LogP contribution in [0.15, 0.2) is 18.2 Å². The van der Waals surface area contributed by atoms with Gasteiger partial charge in [-0.15, -0.1) is 0 Å². The first-order chi connectivity index (χ1) is 9.95. The Morgan fingerprint density at radius 3 is 2.67 bits per heavy atom. The number of phenolic OH excluding ortho intramolecular Hbond substituents is 1. The summed E-state index contributed by atoms with van der Waals surface area (Å²) in [6, 6.07) is 6.14. The first-order valence-corrected chi connectivity index (χ1v) is 8.77. The molecule has 0 heterocycles. The molecule has 3 aliphatic rings. The minimum Gasteiger partial charge on any atom is -0.508 e. The number of aromatic hydroxyl groups is 1. The van der Waals surface area contributed by atoms with Crippen molar-refractivity contribution in [3.05, 3.63) is 29.3 Å². The van der Waals surface area contributed by atoms with Crippen molar-refractivity contribution in [3.8, 4) is 5.75 Å². The molecule has 0 radical (unpaired) electrons. The van der Waals surface area contributed by atoms with Gasteiger partial charge in [0, 0.05) is 0 Å². The molecule has 1 heteroatoms. The standard InChI is InChI=1S/C20H28O/c1-13-4-7-17-18-8-5-14-12-15(21)6-9-16(14)20(18,3)11-10-19(13,17)2/h6,9,12-13,17-18,21H,4-5,7-8,10-11H2,1-3H3/t13?,17?,18?,19?,20-/m1/s1. The zero-order valence-corrected chi connectivity index (χ0v) is 13.7. The second-order valence-electron chi connectivity index (χ2n) is 8.49. The van der Waals surface area contributed by atoms with Gasteiger partial charge in [0.25, 0.3) is 0 Å². The summed E-state index contributed by atoms with van der Waals surface area (Å²) in [7, 11) is 0. The molecule has 0 aromatic heterocycles. The maximum absolute atomic E-state index is 9.79. The maximum Gasteiger partial charge on any atom is 0.115 e. The van der Waals surface area contributed by atoms with Crippen molar-refractivity contribution in [1.82, 2.24) is 0 Å². The molecule has 0 aliphatic heterocycles. The third-order valence-corrected chi connectivity index (χ3v) is 7.80. The summed E-state index contributed by atoms with van der Waals surface area (Å²) < 4.78 is 0. The smallest absolute Gasteiger partial charge is 0.115 e. The zero-order valence-electron chi connectivity index (χ0n) is 13.7. The lowest BCUT2D eigenvalue weighted by molar-refractivity contribution is -0.00567. The maximum atomic E-state index is 9.79. The number of benzene rings is 1. The number of rotatable bonds is 0. The topological polar surface area (TPSA) is 20.2 Å². The summed E-state index contributed by atoms with van der Waals surface area (Å²) in [6.45, 7) is 7.56. The van der Waals surface area contributed by atoms with E-state index in [0.29, 0.717) is 16.6 Å². The van der Waals surface area contributed by atoms with Crippen LogP contribution in [0.25, 0.3) is 0 Å². The Bertz CT molecular complexity index is 577. The van der Waals surface area contributed by atoms with E-state index in [2.05, 4.69) is 26.8 Å². The molecular weight excluding hydrogens is 256 g/mol. The lowest BCUT2D eigenvalue weighted by atomic mass is 9.48. The largest absolute Gasteiger partial charge is 0.508 e. The van der Waals surface area contributed by atoms with Crippen LogP contribution in [-0.4, -0.2) is 5.11 Å². The van der Waals surface area contributed by atoms with Crippen LogP contribution in [0.5, 0.6) is 5.75 Å². The molecule has 0 bridgehead atoms. The van der Waals surface area contributed by atoms with Crippen molar-refractivity contribution >= 4 is 0 Å². The predicted octanol–water partition coefficient (Wildman–Crippen LogP) is 5.06. The van der Waals surface area contributed by atoms with Crippen LogP contribution in [0.1, 0.15) is 64.0 Å². The molecule has 5 atom stereocenters. The van der Waals surface area contributed by atoms with Gasteiger partial charge in [-0.05, 0) is 90.4 Å². The first kappa shape index (κ1) is 13.7. The molecule has 4 unspecified atom stereocenters. The third-order valence-electron chi connectivity index (χ3n) is 7.80. The van der Waals surface area contributed by atoms with E-state index in [9.17, 15) is 5.11 Å². The number of phenols is 1. The highest BCUT2D eigenvalue weighted by atomic mass is 16.3. The fourth-order valence-corrected chi connectivity index (χ4v) is 6.21. The van der Waals surface area contributed by atoms with E-state index in [0.717, 1.165) is 24.2 Å². The molecule has 0 spiro atoms. The fourth-order valence-electron chi connectivity index (χ4n) is 6.21. The molecule has 4 rings (SSSR count). The molecule has 0 saturated heterocycles. The van der Waals surface area contributed by atoms with E-state index in [4.69, 9.17) is 0 Å². The number of hydrogen-bond donors (Lipinski definition) is 1. The lowest BCUT2D eigenvalue weighted by Gasteiger charge is -2.56. The summed E-state index contributed by atoms with van der Waals surface area (Å²) in [5, 5.41) is 9.79. The van der Waals surface area contributed by atoms with Crippen molar-refractivity contribution in [2.45, 2.75) is 64.7 Å². The van der Waals surface area contributed by atoms with Gasteiger partial charge in [-0.3, -0.25) is 0 Å². The van der Waals surface area contributed by atoms with Gasteiger partial charge in [0.1, 0.15) is 5.75 Å². The Hall–Kier alpha value is -0.980. The summed E-state index contributed by atoms with van der Waals surface area (Å²) in [5.41, 5.74) is 3.87. The van der Waals surface area contributed by atoms with Gasteiger partial charge in [0.15, 0.2) is 0 Å². The van der Waals surface area contributed by atoms with Gasteiger partial charge < -0.3 is 5.11 Å². The van der Waals surface area contributed by atoms with Crippen molar-refractivity contribution < 1.29 is 5.11 Å². The van der Waals surface area contributed by atoms with Crippen LogP contribution < -0.4 is 0 Å². The SMILES string of the molecule is CC1CCC2C3CCc4cc(O)ccc4[C@@]3(C)CCC12C. The zero-order chi connectivity index (χ0) is 14.8. The first-order valence-electron chi connectivity index (χ1n) is 8.77. The van der Waals surface area contributed by atoms with Crippen LogP contribution in [0, 0.1) is 23.2 Å². The normalized spacial score (nSPS) is 44.8. The molecule has 1 aromatic carbocycles. The summed E-state index contributed by atoms with van der Waals surface area (Å²) in [6.07, 6.45) is 8.05. The Morgan fingerprint density at radius 2 is 1.86 bits per heavy atom. The number of fused-ring (bicyclic) bond motifs is 5. The Morgan fingerprint density at radius 1 is 1.05 bits per heavy atom. The van der Waals surface area contributed by atoms with Gasteiger partial charge in [-0.2, -0.15) is 0 Å². The molecule has 0 amide bonds. The van der Waals surface area contributed by atoms with Crippen molar-refractivity contribution in [3.63, 3.8) is 0 Å². The minimum absolute atomic E-state index is 0.343. The Balaban J connectivity index is 1.78. The van der Waals surface area contributed by atoms with Gasteiger partial charge in [-0.1, -0.05) is 26.8 Å². The van der Waals surface area contributed by atoms with Crippen molar-refractivity contribution in [2.75, 3.05) is 0 Å². The number of aryl methyl sites for hydroxylation is 1. The monoisotopic (exact) mass is 284 g/mol. The van der Waals surface area contributed by atoms with Crippen LogP contribution in [0.3, 0.4) is 0 Å². The van der Waals surface area contributed by atoms with Gasteiger partial charge in [-0.25, -0.2) is 0 Å². The summed E-state index contributed by atoms with van der Waals surface area (Å²) in [5.74, 6) is 3.09. The lowest BCUT2D eigenvalue weighted by Crippen LogP contribution is -2.50. The highest BCUT2D eigenvalue weighted by molar-refractivity contribution is 5.43. The van der Waals surface area contributed by atoms with Gasteiger partial charge >= 0.3 is 0 Å². The van der Waals surface area contributed by atoms with E-state index in [1.165, 1.54) is 43.2 Å². The van der Waals surface area contributed by atoms with Gasteiger partial charge in [0.05, 0.1) is 0 Å². The Labute approximate surface area is 128 Å². The van der Waals surface area contributed by atoms with E-state index in [1.807, 2.05) is 12.1 Å². The van der Waals surface area contributed by atoms with E-state index < -0.39 is 0 Å². The molecule has 3 aliphatic carbocycles. The minimum atomic E-state index is 0.343. The summed E-state index contributed by atoms with van der Waals surface area (Å²) in [4.78, 5) is 0. The van der Waals surface area contributed by atoms with Crippen molar-refractivity contribution in [1.29, 1.82) is 0 Å². The molecule has 2 saturated carbocycles. The molecule has 2 fully saturated rings. The molecule has 21 heavy (non-hydrogen) atoms. The summed E-state index contributed by atoms with van der Waals surface area (Å²) >= 11 is 0. The third kappa shape index (κ3) is 1.69. The van der Waals surface area contributed by atoms with Crippen molar-refractivity contribution in [2.24, 2.45) is 23.2 Å². The second-order valence-corrected chi connectivity index (χ2v) is 8.49. The molecule has 1 aromatic rings. The molecule has 1 N–H and O–H groups in total. The Kier molecular flexibility index (Phi) is 2.78. The van der Waals surface area contributed by atoms with E-state index in [-0.39, 0.29) is 0 Å². The molecule has 1 nitrogen and oxygen atoms in total. The van der Waals surface area contributed by atoms with E-state index >= 15 is 0 Å². The van der Waals surface area contributed by atoms with E-state index in [1.54, 1.807) is 0 Å². The fraction of sp³-hybridized carbons (Fsp3) is 0.700. The van der Waals surface area contributed by atoms with Crippen LogP contribution >= 0.6 is 0 Å². The number of hydrogen-bond acceptors (Lipinski definition) is 1. The predicted molar refractivity (Wildman–Crippen MR) is 86.5 cm³/mol. The average molecular weight is 284 g/mol. The molecular formula is C20H28O. The van der Waals surface area contributed by atoms with Crippen LogP contribution in [0.4, 0.5) is 0 Å². The second kappa shape index (κ2) is 4.27. The molecule has 114 valence electrons. The highest BCUT2D eigenvalue weighted by Gasteiger charge is 2.57.